The molecule has 0 N–H and O–H groups in total. The van der Waals surface area contributed by atoms with Gasteiger partial charge in [0.2, 0.25) is 11.6 Å². The lowest BCUT2D eigenvalue weighted by Crippen LogP contribution is -2.18. The third kappa shape index (κ3) is 3.50. The number of ether oxygens (including phenoxy) is 3. The van der Waals surface area contributed by atoms with Gasteiger partial charge in [0.1, 0.15) is 19.5 Å². The maximum atomic E-state index is 11.9. The van der Waals surface area contributed by atoms with Gasteiger partial charge in [0.15, 0.2) is 6.10 Å². The van der Waals surface area contributed by atoms with E-state index in [-0.39, 0.29) is 11.6 Å². The molecule has 120 valence electrons. The van der Waals surface area contributed by atoms with Crippen LogP contribution in [0.15, 0.2) is 40.7 Å². The number of carbonyl (C=O) groups is 1. The number of hydrogen-bond acceptors (Lipinski definition) is 7. The molecule has 7 heteroatoms. The van der Waals surface area contributed by atoms with E-state index in [1.54, 1.807) is 6.92 Å². The number of aromatic nitrogens is 2. The predicted octanol–water partition coefficient (Wildman–Crippen LogP) is 2.54. The summed E-state index contributed by atoms with van der Waals surface area (Å²) in [6, 6.07) is 7.69. The van der Waals surface area contributed by atoms with E-state index in [2.05, 4.69) is 10.2 Å². The molecule has 1 atom stereocenters. The summed E-state index contributed by atoms with van der Waals surface area (Å²) in [5.74, 6) is -0.0146. The lowest BCUT2D eigenvalue weighted by molar-refractivity contribution is -0.150. The molecule has 7 nitrogen and oxygen atoms in total. The molecule has 23 heavy (non-hydrogen) atoms. The van der Waals surface area contributed by atoms with E-state index in [1.807, 2.05) is 31.2 Å². The summed E-state index contributed by atoms with van der Waals surface area (Å²) < 4.78 is 21.0. The SMILES string of the molecule is Cc1ccc(-c2nnc([C@H](C)OC(=O)C3=COCCO3)o2)cc1. The molecular formula is C16H16N2O5. The Balaban J connectivity index is 1.68. The fraction of sp³-hybridized carbons (Fsp3) is 0.312. The number of carbonyl (C=O) groups excluding carboxylic acids is 1. The molecule has 0 radical (unpaired) electrons. The number of nitrogens with zero attached hydrogens (tertiary/aromatic N) is 2. The second kappa shape index (κ2) is 6.51. The van der Waals surface area contributed by atoms with Crippen LogP contribution in [-0.4, -0.2) is 29.4 Å². The van der Waals surface area contributed by atoms with Gasteiger partial charge in [-0.3, -0.25) is 0 Å². The average Bonchev–Trinajstić information content (AvgIpc) is 3.06. The van der Waals surface area contributed by atoms with Crippen LogP contribution in [0.1, 0.15) is 24.5 Å². The molecule has 1 aromatic carbocycles. The zero-order valence-electron chi connectivity index (χ0n) is 12.8. The number of esters is 1. The zero-order chi connectivity index (χ0) is 16.2. The van der Waals surface area contributed by atoms with Crippen molar-refractivity contribution in [3.05, 3.63) is 47.7 Å². The fourth-order valence-corrected chi connectivity index (χ4v) is 1.96. The molecule has 1 aliphatic heterocycles. The molecule has 0 saturated heterocycles. The average molecular weight is 316 g/mol. The summed E-state index contributed by atoms with van der Waals surface area (Å²) in [4.78, 5) is 11.9. The van der Waals surface area contributed by atoms with Gasteiger partial charge in [-0.25, -0.2) is 4.79 Å². The fourth-order valence-electron chi connectivity index (χ4n) is 1.96. The third-order valence-electron chi connectivity index (χ3n) is 3.22. The lowest BCUT2D eigenvalue weighted by atomic mass is 10.1. The van der Waals surface area contributed by atoms with Crippen LogP contribution in [0.25, 0.3) is 11.5 Å². The Hall–Kier alpha value is -2.83. The Morgan fingerprint density at radius 3 is 2.70 bits per heavy atom. The van der Waals surface area contributed by atoms with Crippen molar-refractivity contribution < 1.29 is 23.4 Å². The molecule has 1 aliphatic rings. The second-order valence-electron chi connectivity index (χ2n) is 5.06. The van der Waals surface area contributed by atoms with E-state index >= 15 is 0 Å². The Labute approximate surface area is 132 Å². The number of benzene rings is 1. The standard InChI is InChI=1S/C16H16N2O5/c1-10-3-5-12(6-4-10)15-18-17-14(23-15)11(2)22-16(19)13-9-20-7-8-21-13/h3-6,9,11H,7-8H2,1-2H3/t11-/m0/s1. The summed E-state index contributed by atoms with van der Waals surface area (Å²) in [7, 11) is 0. The summed E-state index contributed by atoms with van der Waals surface area (Å²) >= 11 is 0. The third-order valence-corrected chi connectivity index (χ3v) is 3.22. The molecule has 0 aliphatic carbocycles. The molecule has 0 amide bonds. The van der Waals surface area contributed by atoms with E-state index in [1.165, 1.54) is 6.26 Å². The molecule has 2 aromatic rings. The van der Waals surface area contributed by atoms with Crippen LogP contribution in [0.4, 0.5) is 0 Å². The van der Waals surface area contributed by atoms with Crippen LogP contribution in [-0.2, 0) is 19.0 Å². The van der Waals surface area contributed by atoms with Crippen LogP contribution < -0.4 is 0 Å². The van der Waals surface area contributed by atoms with Crippen LogP contribution in [0, 0.1) is 6.92 Å². The van der Waals surface area contributed by atoms with Crippen molar-refractivity contribution in [2.24, 2.45) is 0 Å². The monoisotopic (exact) mass is 316 g/mol. The normalized spacial score (nSPS) is 15.1. The number of hydrogen-bond donors (Lipinski definition) is 0. The highest BCUT2D eigenvalue weighted by atomic mass is 16.6. The molecule has 3 rings (SSSR count). The minimum absolute atomic E-state index is 0.0290. The van der Waals surface area contributed by atoms with Crippen molar-refractivity contribution in [3.63, 3.8) is 0 Å². The van der Waals surface area contributed by atoms with Crippen LogP contribution >= 0.6 is 0 Å². The smallest absolute Gasteiger partial charge is 0.377 e. The lowest BCUT2D eigenvalue weighted by Gasteiger charge is -2.15. The van der Waals surface area contributed by atoms with E-state index in [9.17, 15) is 4.79 Å². The summed E-state index contributed by atoms with van der Waals surface area (Å²) in [6.07, 6.45) is 0.546. The van der Waals surface area contributed by atoms with Crippen molar-refractivity contribution in [2.75, 3.05) is 13.2 Å². The van der Waals surface area contributed by atoms with Crippen molar-refractivity contribution in [2.45, 2.75) is 20.0 Å². The molecular weight excluding hydrogens is 300 g/mol. The van der Waals surface area contributed by atoms with Crippen LogP contribution in [0.5, 0.6) is 0 Å². The predicted molar refractivity (Wildman–Crippen MR) is 79.0 cm³/mol. The maximum Gasteiger partial charge on any atom is 0.377 e. The van der Waals surface area contributed by atoms with Crippen molar-refractivity contribution in [1.82, 2.24) is 10.2 Å². The van der Waals surface area contributed by atoms with E-state index in [4.69, 9.17) is 18.6 Å². The van der Waals surface area contributed by atoms with Crippen molar-refractivity contribution in [3.8, 4) is 11.5 Å². The van der Waals surface area contributed by atoms with Gasteiger partial charge in [0, 0.05) is 5.56 Å². The largest absolute Gasteiger partial charge is 0.493 e. The van der Waals surface area contributed by atoms with Crippen molar-refractivity contribution in [1.29, 1.82) is 0 Å². The molecule has 0 spiro atoms. The van der Waals surface area contributed by atoms with Crippen LogP contribution in [0.2, 0.25) is 0 Å². The zero-order valence-corrected chi connectivity index (χ0v) is 12.8. The topological polar surface area (TPSA) is 83.7 Å². The first-order valence-corrected chi connectivity index (χ1v) is 7.19. The van der Waals surface area contributed by atoms with Crippen molar-refractivity contribution >= 4 is 5.97 Å². The van der Waals surface area contributed by atoms with E-state index in [0.717, 1.165) is 11.1 Å². The van der Waals surface area contributed by atoms with Gasteiger partial charge >= 0.3 is 5.97 Å². The Bertz CT molecular complexity index is 720. The van der Waals surface area contributed by atoms with Crippen LogP contribution in [0.3, 0.4) is 0 Å². The highest BCUT2D eigenvalue weighted by molar-refractivity contribution is 5.86. The number of aryl methyl sites for hydroxylation is 1. The Kier molecular flexibility index (Phi) is 4.27. The molecule has 2 heterocycles. The highest BCUT2D eigenvalue weighted by Gasteiger charge is 2.23. The molecule has 0 fully saturated rings. The number of rotatable bonds is 4. The van der Waals surface area contributed by atoms with Gasteiger partial charge in [-0.2, -0.15) is 0 Å². The van der Waals surface area contributed by atoms with Gasteiger partial charge in [-0.05, 0) is 26.0 Å². The summed E-state index contributed by atoms with van der Waals surface area (Å²) in [5.41, 5.74) is 1.94. The summed E-state index contributed by atoms with van der Waals surface area (Å²) in [5, 5.41) is 7.91. The van der Waals surface area contributed by atoms with Gasteiger partial charge in [0.25, 0.3) is 5.89 Å². The molecule has 0 bridgehead atoms. The first-order valence-electron chi connectivity index (χ1n) is 7.19. The summed E-state index contributed by atoms with van der Waals surface area (Å²) in [6.45, 7) is 4.37. The Morgan fingerprint density at radius 1 is 1.22 bits per heavy atom. The second-order valence-corrected chi connectivity index (χ2v) is 5.06. The quantitative estimate of drug-likeness (QED) is 0.801. The van der Waals surface area contributed by atoms with E-state index < -0.39 is 12.1 Å². The molecule has 1 aromatic heterocycles. The highest BCUT2D eigenvalue weighted by Crippen LogP contribution is 2.23. The molecule has 0 unspecified atom stereocenters. The first kappa shape index (κ1) is 15.1. The van der Waals surface area contributed by atoms with E-state index in [0.29, 0.717) is 19.1 Å². The van der Waals surface area contributed by atoms with Gasteiger partial charge in [0.05, 0.1) is 0 Å². The minimum atomic E-state index is -0.694. The molecule has 0 saturated carbocycles. The van der Waals surface area contributed by atoms with Gasteiger partial charge < -0.3 is 18.6 Å². The maximum absolute atomic E-state index is 11.9. The van der Waals surface area contributed by atoms with Gasteiger partial charge in [-0.1, -0.05) is 17.7 Å². The first-order chi connectivity index (χ1) is 11.1. The van der Waals surface area contributed by atoms with Gasteiger partial charge in [-0.15, -0.1) is 10.2 Å². The Morgan fingerprint density at radius 2 is 2.00 bits per heavy atom. The minimum Gasteiger partial charge on any atom is -0.493 e.